The summed E-state index contributed by atoms with van der Waals surface area (Å²) in [6.07, 6.45) is 7.71. The van der Waals surface area contributed by atoms with E-state index in [1.54, 1.807) is 13.1 Å². The van der Waals surface area contributed by atoms with Crippen molar-refractivity contribution in [3.63, 3.8) is 0 Å². The average molecular weight is 1070 g/mol. The van der Waals surface area contributed by atoms with Gasteiger partial charge in [-0.05, 0) is 56.6 Å². The molecule has 2 aliphatic rings. The first-order chi connectivity index (χ1) is 36.1. The summed E-state index contributed by atoms with van der Waals surface area (Å²) >= 11 is 0. The number of rotatable bonds is 8. The molecule has 0 bridgehead atoms. The van der Waals surface area contributed by atoms with Crippen LogP contribution in [-0.4, -0.2) is 99.6 Å². The van der Waals surface area contributed by atoms with E-state index in [4.69, 9.17) is 5.73 Å². The second kappa shape index (κ2) is 22.5. The second-order valence-electron chi connectivity index (χ2n) is 18.0. The van der Waals surface area contributed by atoms with Gasteiger partial charge in [0.1, 0.15) is 0 Å². The first-order valence-electron chi connectivity index (χ1n) is 23.5. The number of carbonyl (C=O) groups excluding carboxylic acids is 2. The van der Waals surface area contributed by atoms with Crippen LogP contribution in [0.1, 0.15) is 113 Å². The van der Waals surface area contributed by atoms with Crippen molar-refractivity contribution in [1.29, 1.82) is 0 Å². The van der Waals surface area contributed by atoms with E-state index >= 15 is 0 Å². The summed E-state index contributed by atoms with van der Waals surface area (Å²) in [5, 5.41) is 3.45. The quantitative estimate of drug-likeness (QED) is 0.0631. The molecule has 6 atom stereocenters. The number of hydrogen-bond donors (Lipinski definition) is 4. The summed E-state index contributed by atoms with van der Waals surface area (Å²) in [6, 6.07) is 4.62. The molecule has 0 aromatic carbocycles. The molecule has 19 nitrogen and oxygen atoms in total. The van der Waals surface area contributed by atoms with Crippen LogP contribution in [0.2, 0.25) is 0 Å². The van der Waals surface area contributed by atoms with Crippen molar-refractivity contribution in [1.82, 2.24) is 73.9 Å². The van der Waals surface area contributed by atoms with Crippen LogP contribution in [0.4, 0.5) is 39.5 Å². The minimum absolute atomic E-state index is 0.0167. The fourth-order valence-electron chi connectivity index (χ4n) is 9.24. The second-order valence-corrected chi connectivity index (χ2v) is 18.0. The van der Waals surface area contributed by atoms with E-state index in [1.807, 2.05) is 37.1 Å². The molecular formula is C48H47F9N16O3. The Balaban J connectivity index is 0.000000144. The van der Waals surface area contributed by atoms with Gasteiger partial charge in [-0.25, -0.2) is 54.6 Å². The summed E-state index contributed by atoms with van der Waals surface area (Å²) < 4.78 is 118. The van der Waals surface area contributed by atoms with Gasteiger partial charge in [0.05, 0.1) is 41.2 Å². The predicted molar refractivity (Wildman–Crippen MR) is 253 cm³/mol. The molecule has 0 amide bonds. The number of carbonyl (C=O) groups is 2. The van der Waals surface area contributed by atoms with Gasteiger partial charge in [0.2, 0.25) is 17.5 Å². The molecule has 9 aromatic heterocycles. The Kier molecular flexibility index (Phi) is 16.0. The number of ether oxygens (including phenoxy) is 1. The molecule has 2 saturated carbocycles. The van der Waals surface area contributed by atoms with E-state index in [-0.39, 0.29) is 23.8 Å². The number of nitrogens with one attached hydrogen (secondary N) is 3. The van der Waals surface area contributed by atoms with Crippen molar-refractivity contribution in [2.75, 3.05) is 6.61 Å². The van der Waals surface area contributed by atoms with Crippen LogP contribution in [0, 0.1) is 11.8 Å². The van der Waals surface area contributed by atoms with E-state index < -0.39 is 42.0 Å². The number of fused-ring (bicyclic) bond motifs is 6. The summed E-state index contributed by atoms with van der Waals surface area (Å²) in [7, 11) is 0. The molecule has 9 heterocycles. The van der Waals surface area contributed by atoms with Crippen LogP contribution in [-0.2, 0) is 29.8 Å². The number of aromatic amines is 2. The summed E-state index contributed by atoms with van der Waals surface area (Å²) in [4.78, 5) is 63.9. The van der Waals surface area contributed by atoms with E-state index in [1.165, 1.54) is 18.1 Å². The molecule has 0 saturated heterocycles. The SMILES string of the molecule is CCOC(=O)c1cnc(C(F)(F)F)nc1.C[C@@H]1C[C@H](N)C[C@@H]1c1cnc2cnc3[nH]ccc3n12.C[C@@H]1C[C@H](NCc2cnc(C(F)(F)F)nc2)C[C@@H]1c1cnc2cnc3[nH]ccc3n12.O=Cc1cnc(C(F)(F)F)nc1. The maximum atomic E-state index is 12.6. The fourth-order valence-corrected chi connectivity index (χ4v) is 9.24. The Morgan fingerprint density at radius 1 is 0.645 bits per heavy atom. The van der Waals surface area contributed by atoms with Crippen molar-refractivity contribution in [3.05, 3.63) is 132 Å². The van der Waals surface area contributed by atoms with Crippen molar-refractivity contribution >= 4 is 45.9 Å². The predicted octanol–water partition coefficient (Wildman–Crippen LogP) is 8.72. The Morgan fingerprint density at radius 3 is 1.55 bits per heavy atom. The molecule has 2 aliphatic carbocycles. The van der Waals surface area contributed by atoms with Gasteiger partial charge in [-0.1, -0.05) is 13.8 Å². The molecule has 400 valence electrons. The van der Waals surface area contributed by atoms with Gasteiger partial charge in [0, 0.05) is 109 Å². The number of nitrogens with two attached hydrogens (primary N) is 1. The molecule has 5 N–H and O–H groups in total. The highest BCUT2D eigenvalue weighted by Gasteiger charge is 2.38. The van der Waals surface area contributed by atoms with Gasteiger partial charge in [-0.3, -0.25) is 13.6 Å². The molecule has 0 spiro atoms. The Hall–Kier alpha value is -8.01. The number of nitrogens with zero attached hydrogens (tertiary/aromatic N) is 12. The maximum Gasteiger partial charge on any atom is 0.451 e. The van der Waals surface area contributed by atoms with Crippen LogP contribution in [0.5, 0.6) is 0 Å². The number of esters is 1. The first-order valence-corrected chi connectivity index (χ1v) is 23.5. The van der Waals surface area contributed by atoms with Crippen molar-refractivity contribution in [3.8, 4) is 0 Å². The van der Waals surface area contributed by atoms with Crippen molar-refractivity contribution < 1.29 is 53.8 Å². The lowest BCUT2D eigenvalue weighted by atomic mass is 9.95. The number of aldehydes is 1. The molecule has 0 aliphatic heterocycles. The minimum atomic E-state index is -4.60. The monoisotopic (exact) mass is 1070 g/mol. The molecule has 76 heavy (non-hydrogen) atoms. The largest absolute Gasteiger partial charge is 0.462 e. The van der Waals surface area contributed by atoms with Crippen LogP contribution < -0.4 is 11.1 Å². The molecule has 0 radical (unpaired) electrons. The molecule has 11 rings (SSSR count). The Bertz CT molecular complexity index is 3390. The summed E-state index contributed by atoms with van der Waals surface area (Å²) in [5.41, 5.74) is 14.6. The third-order valence-electron chi connectivity index (χ3n) is 12.7. The summed E-state index contributed by atoms with van der Waals surface area (Å²) in [6.45, 7) is 6.67. The van der Waals surface area contributed by atoms with Crippen LogP contribution in [0.3, 0.4) is 0 Å². The lowest BCUT2D eigenvalue weighted by molar-refractivity contribution is -0.145. The zero-order valence-electron chi connectivity index (χ0n) is 40.4. The first kappa shape index (κ1) is 54.3. The van der Waals surface area contributed by atoms with E-state index in [2.05, 4.69) is 98.6 Å². The lowest BCUT2D eigenvalue weighted by Gasteiger charge is -2.15. The standard InChI is InChI=1S/C20H20F3N7.C14H17N5.C8H7F3N2O2.C6H3F3N2O/c1-11-4-13(25-6-12-7-28-19(29-8-12)20(21,22)23)5-14(11)16-9-26-17-10-27-18-15(30(16)17)2-3-24-18;1-8-4-9(15)5-10(8)12-6-17-13-7-18-14-11(19(12)13)2-3-16-14;1-2-15-6(14)5-3-12-7(13-4-5)8(9,10)11;7-6(8,9)5-10-1-4(3-12)2-11-5/h2-3,7-11,13-14,24-25H,4-6H2,1H3;2-3,6-10,16H,4-5,15H2,1H3;3-4H,2H2,1H3;1-3H/t11-,13+,14+;8-,9+,10+;;/m11../s1. The number of hydrogen-bond acceptors (Lipinski definition) is 15. The minimum Gasteiger partial charge on any atom is -0.462 e. The maximum absolute atomic E-state index is 12.6. The van der Waals surface area contributed by atoms with Gasteiger partial charge in [-0.15, -0.1) is 0 Å². The number of imidazole rings is 2. The molecule has 2 fully saturated rings. The number of H-pyrrole nitrogens is 2. The zero-order valence-corrected chi connectivity index (χ0v) is 40.4. The highest BCUT2D eigenvalue weighted by Crippen LogP contribution is 2.41. The van der Waals surface area contributed by atoms with Gasteiger partial charge in [-0.2, -0.15) is 39.5 Å². The molecule has 28 heteroatoms. The summed E-state index contributed by atoms with van der Waals surface area (Å²) in [5.74, 6) is -2.52. The van der Waals surface area contributed by atoms with Gasteiger partial charge in [0.25, 0.3) is 0 Å². The van der Waals surface area contributed by atoms with Crippen molar-refractivity contribution in [2.45, 2.75) is 95.4 Å². The van der Waals surface area contributed by atoms with Crippen LogP contribution >= 0.6 is 0 Å². The fraction of sp³-hybridized carbons (Fsp3) is 0.375. The molecule has 0 unspecified atom stereocenters. The van der Waals surface area contributed by atoms with Crippen LogP contribution in [0.25, 0.3) is 33.6 Å². The molecular weight excluding hydrogens is 1020 g/mol. The number of aromatic nitrogens is 14. The smallest absolute Gasteiger partial charge is 0.451 e. The van der Waals surface area contributed by atoms with Crippen molar-refractivity contribution in [2.24, 2.45) is 17.6 Å². The average Bonchev–Trinajstić information content (AvgIpc) is 4.27. The normalized spacial score (nSPS) is 19.7. The van der Waals surface area contributed by atoms with Gasteiger partial charge in [0.15, 0.2) is 28.9 Å². The Labute approximate surface area is 424 Å². The van der Waals surface area contributed by atoms with Crippen LogP contribution in [0.15, 0.2) is 86.5 Å². The van der Waals surface area contributed by atoms with Gasteiger partial charge >= 0.3 is 24.5 Å². The molecule has 9 aromatic rings. The van der Waals surface area contributed by atoms with E-state index in [0.717, 1.165) is 89.8 Å². The number of halogens is 9. The number of alkyl halides is 9. The highest BCUT2D eigenvalue weighted by atomic mass is 19.4. The van der Waals surface area contributed by atoms with E-state index in [9.17, 15) is 49.1 Å². The third-order valence-corrected chi connectivity index (χ3v) is 12.7. The Morgan fingerprint density at radius 2 is 1.11 bits per heavy atom. The highest BCUT2D eigenvalue weighted by molar-refractivity contribution is 5.88. The van der Waals surface area contributed by atoms with Gasteiger partial charge < -0.3 is 25.8 Å². The topological polar surface area (TPSA) is 251 Å². The zero-order chi connectivity index (χ0) is 54.5. The van der Waals surface area contributed by atoms with E-state index in [0.29, 0.717) is 48.1 Å². The third kappa shape index (κ3) is 12.4. The lowest BCUT2D eigenvalue weighted by Crippen LogP contribution is -2.26.